The zero-order valence-corrected chi connectivity index (χ0v) is 13.4. The highest BCUT2D eigenvalue weighted by atomic mass is 16.1. The second kappa shape index (κ2) is 9.34. The van der Waals surface area contributed by atoms with E-state index in [1.165, 1.54) is 0 Å². The minimum absolute atomic E-state index is 0.0382. The molecule has 0 aliphatic rings. The first-order valence-corrected chi connectivity index (χ1v) is 7.81. The van der Waals surface area contributed by atoms with Crippen LogP contribution in [0.25, 0.3) is 0 Å². The molecule has 21 heavy (non-hydrogen) atoms. The van der Waals surface area contributed by atoms with E-state index in [1.54, 1.807) is 6.20 Å². The first-order valence-electron chi connectivity index (χ1n) is 7.81. The SMILES string of the molecule is CCN(CC)c1ccc(NC(=O)CCC(C)CCN)cn1. The monoisotopic (exact) mass is 292 g/mol. The zero-order chi connectivity index (χ0) is 15.7. The van der Waals surface area contributed by atoms with E-state index in [1.807, 2.05) is 12.1 Å². The number of hydrogen-bond acceptors (Lipinski definition) is 4. The van der Waals surface area contributed by atoms with Crippen molar-refractivity contribution >= 4 is 17.4 Å². The Morgan fingerprint density at radius 2 is 2.05 bits per heavy atom. The summed E-state index contributed by atoms with van der Waals surface area (Å²) >= 11 is 0. The van der Waals surface area contributed by atoms with Crippen molar-refractivity contribution in [3.05, 3.63) is 18.3 Å². The van der Waals surface area contributed by atoms with Gasteiger partial charge in [-0.15, -0.1) is 0 Å². The maximum Gasteiger partial charge on any atom is 0.224 e. The zero-order valence-electron chi connectivity index (χ0n) is 13.4. The summed E-state index contributed by atoms with van der Waals surface area (Å²) in [6.07, 6.45) is 4.08. The van der Waals surface area contributed by atoms with Gasteiger partial charge in [0.25, 0.3) is 0 Å². The van der Waals surface area contributed by atoms with Crippen LogP contribution in [-0.2, 0) is 4.79 Å². The molecule has 5 heteroatoms. The number of pyridine rings is 1. The largest absolute Gasteiger partial charge is 0.357 e. The average Bonchev–Trinajstić information content (AvgIpc) is 2.48. The second-order valence-corrected chi connectivity index (χ2v) is 5.35. The van der Waals surface area contributed by atoms with E-state index in [4.69, 9.17) is 5.73 Å². The van der Waals surface area contributed by atoms with Crippen LogP contribution in [0.2, 0.25) is 0 Å². The molecule has 0 bridgehead atoms. The molecule has 1 atom stereocenters. The third-order valence-electron chi connectivity index (χ3n) is 3.64. The first kappa shape index (κ1) is 17.4. The van der Waals surface area contributed by atoms with E-state index < -0.39 is 0 Å². The standard InChI is InChI=1S/C16H28N4O/c1-4-20(5-2)15-8-7-14(12-18-15)19-16(21)9-6-13(3)10-11-17/h7-8,12-13H,4-6,9-11,17H2,1-3H3,(H,19,21). The van der Waals surface area contributed by atoms with Crippen LogP contribution in [0.5, 0.6) is 0 Å². The van der Waals surface area contributed by atoms with Crippen molar-refractivity contribution in [2.45, 2.75) is 40.0 Å². The van der Waals surface area contributed by atoms with Crippen molar-refractivity contribution in [3.8, 4) is 0 Å². The van der Waals surface area contributed by atoms with Gasteiger partial charge in [-0.3, -0.25) is 4.79 Å². The number of hydrogen-bond donors (Lipinski definition) is 2. The molecule has 0 saturated heterocycles. The van der Waals surface area contributed by atoms with Crippen LogP contribution in [0.3, 0.4) is 0 Å². The molecule has 0 radical (unpaired) electrons. The Hall–Kier alpha value is -1.62. The highest BCUT2D eigenvalue weighted by Gasteiger charge is 2.08. The molecule has 1 aromatic rings. The Labute approximate surface area is 127 Å². The molecule has 0 fully saturated rings. The first-order chi connectivity index (χ1) is 10.1. The molecule has 118 valence electrons. The molecule has 0 aliphatic heterocycles. The summed E-state index contributed by atoms with van der Waals surface area (Å²) in [6, 6.07) is 3.85. The number of nitrogens with two attached hydrogens (primary N) is 1. The normalized spacial score (nSPS) is 12.0. The minimum Gasteiger partial charge on any atom is -0.357 e. The van der Waals surface area contributed by atoms with E-state index in [0.717, 1.165) is 37.4 Å². The van der Waals surface area contributed by atoms with Crippen molar-refractivity contribution in [3.63, 3.8) is 0 Å². The van der Waals surface area contributed by atoms with Gasteiger partial charge < -0.3 is 16.0 Å². The second-order valence-electron chi connectivity index (χ2n) is 5.35. The summed E-state index contributed by atoms with van der Waals surface area (Å²) in [5.74, 6) is 1.47. The molecule has 1 aromatic heterocycles. The molecule has 0 spiro atoms. The number of nitrogens with one attached hydrogen (secondary N) is 1. The molecule has 3 N–H and O–H groups in total. The number of carbonyl (C=O) groups excluding carboxylic acids is 1. The molecular formula is C16H28N4O. The van der Waals surface area contributed by atoms with E-state index in [9.17, 15) is 4.79 Å². The van der Waals surface area contributed by atoms with Gasteiger partial charge in [-0.05, 0) is 51.3 Å². The highest BCUT2D eigenvalue weighted by molar-refractivity contribution is 5.90. The van der Waals surface area contributed by atoms with Crippen molar-refractivity contribution in [2.75, 3.05) is 29.9 Å². The molecule has 0 saturated carbocycles. The van der Waals surface area contributed by atoms with Crippen molar-refractivity contribution < 1.29 is 4.79 Å². The van der Waals surface area contributed by atoms with Crippen LogP contribution in [0.4, 0.5) is 11.5 Å². The van der Waals surface area contributed by atoms with Crippen LogP contribution >= 0.6 is 0 Å². The fraction of sp³-hybridized carbons (Fsp3) is 0.625. The molecule has 1 amide bonds. The fourth-order valence-electron chi connectivity index (χ4n) is 2.22. The number of nitrogens with zero attached hydrogens (tertiary/aromatic N) is 2. The number of carbonyl (C=O) groups is 1. The molecular weight excluding hydrogens is 264 g/mol. The third-order valence-corrected chi connectivity index (χ3v) is 3.64. The lowest BCUT2D eigenvalue weighted by Crippen LogP contribution is -2.22. The lowest BCUT2D eigenvalue weighted by Gasteiger charge is -2.19. The van der Waals surface area contributed by atoms with Gasteiger partial charge >= 0.3 is 0 Å². The Morgan fingerprint density at radius 3 is 2.57 bits per heavy atom. The molecule has 0 aromatic carbocycles. The number of rotatable bonds is 9. The number of anilines is 2. The Balaban J connectivity index is 2.46. The van der Waals surface area contributed by atoms with Gasteiger partial charge in [0.05, 0.1) is 11.9 Å². The van der Waals surface area contributed by atoms with Crippen molar-refractivity contribution in [1.29, 1.82) is 0 Å². The van der Waals surface area contributed by atoms with Crippen LogP contribution in [0.1, 0.15) is 40.0 Å². The van der Waals surface area contributed by atoms with Gasteiger partial charge in [-0.1, -0.05) is 6.92 Å². The van der Waals surface area contributed by atoms with Gasteiger partial charge in [0.15, 0.2) is 0 Å². The number of amides is 1. The van der Waals surface area contributed by atoms with Gasteiger partial charge in [0.2, 0.25) is 5.91 Å². The molecule has 0 aliphatic carbocycles. The molecule has 5 nitrogen and oxygen atoms in total. The Morgan fingerprint density at radius 1 is 1.33 bits per heavy atom. The molecule has 1 rings (SSSR count). The van der Waals surface area contributed by atoms with E-state index >= 15 is 0 Å². The average molecular weight is 292 g/mol. The summed E-state index contributed by atoms with van der Waals surface area (Å²) < 4.78 is 0. The smallest absolute Gasteiger partial charge is 0.224 e. The van der Waals surface area contributed by atoms with E-state index in [-0.39, 0.29) is 5.91 Å². The summed E-state index contributed by atoms with van der Waals surface area (Å²) in [4.78, 5) is 18.4. The van der Waals surface area contributed by atoms with Crippen LogP contribution < -0.4 is 16.0 Å². The fourth-order valence-corrected chi connectivity index (χ4v) is 2.22. The van der Waals surface area contributed by atoms with Crippen LogP contribution in [0, 0.1) is 5.92 Å². The summed E-state index contributed by atoms with van der Waals surface area (Å²) in [5.41, 5.74) is 6.26. The van der Waals surface area contributed by atoms with Gasteiger partial charge in [0, 0.05) is 19.5 Å². The van der Waals surface area contributed by atoms with E-state index in [2.05, 4.69) is 36.0 Å². The van der Waals surface area contributed by atoms with Crippen LogP contribution in [-0.4, -0.2) is 30.5 Å². The lowest BCUT2D eigenvalue weighted by atomic mass is 10.0. The topological polar surface area (TPSA) is 71.2 Å². The van der Waals surface area contributed by atoms with Gasteiger partial charge in [0.1, 0.15) is 5.82 Å². The Bertz CT molecular complexity index is 415. The van der Waals surface area contributed by atoms with Crippen LogP contribution in [0.15, 0.2) is 18.3 Å². The highest BCUT2D eigenvalue weighted by Crippen LogP contribution is 2.15. The van der Waals surface area contributed by atoms with Crippen molar-refractivity contribution in [1.82, 2.24) is 4.98 Å². The minimum atomic E-state index is 0.0382. The maximum absolute atomic E-state index is 11.9. The quantitative estimate of drug-likeness (QED) is 0.734. The lowest BCUT2D eigenvalue weighted by molar-refractivity contribution is -0.116. The predicted octanol–water partition coefficient (Wildman–Crippen LogP) is 2.63. The summed E-state index contributed by atoms with van der Waals surface area (Å²) in [5, 5.41) is 2.89. The maximum atomic E-state index is 11.9. The number of aromatic nitrogens is 1. The molecule has 1 heterocycles. The summed E-state index contributed by atoms with van der Waals surface area (Å²) in [7, 11) is 0. The molecule has 1 unspecified atom stereocenters. The third kappa shape index (κ3) is 6.12. The van der Waals surface area contributed by atoms with Gasteiger partial charge in [-0.25, -0.2) is 4.98 Å². The van der Waals surface area contributed by atoms with Gasteiger partial charge in [-0.2, -0.15) is 0 Å². The predicted molar refractivity (Wildman–Crippen MR) is 88.5 cm³/mol. The Kier molecular flexibility index (Phi) is 7.75. The van der Waals surface area contributed by atoms with E-state index in [0.29, 0.717) is 18.9 Å². The summed E-state index contributed by atoms with van der Waals surface area (Å²) in [6.45, 7) is 8.86. The van der Waals surface area contributed by atoms with Crippen molar-refractivity contribution in [2.24, 2.45) is 11.7 Å².